The molecule has 0 saturated carbocycles. The van der Waals surface area contributed by atoms with Gasteiger partial charge in [0.15, 0.2) is 5.78 Å². The Hall–Kier alpha value is -2.09. The lowest BCUT2D eigenvalue weighted by atomic mass is 9.96. The van der Waals surface area contributed by atoms with Crippen LogP contribution in [0.4, 0.5) is 0 Å². The van der Waals surface area contributed by atoms with Crippen molar-refractivity contribution in [3.05, 3.63) is 64.7 Å². The van der Waals surface area contributed by atoms with Gasteiger partial charge in [0.1, 0.15) is 5.75 Å². The first-order chi connectivity index (χ1) is 9.11. The third-order valence-corrected chi connectivity index (χ3v) is 3.19. The van der Waals surface area contributed by atoms with E-state index in [1.165, 1.54) is 0 Å². The van der Waals surface area contributed by atoms with Crippen molar-refractivity contribution in [2.24, 2.45) is 0 Å². The summed E-state index contributed by atoms with van der Waals surface area (Å²) in [4.78, 5) is 11.8. The molecule has 0 unspecified atom stereocenters. The van der Waals surface area contributed by atoms with Crippen molar-refractivity contribution in [3.8, 4) is 5.75 Å². The van der Waals surface area contributed by atoms with Gasteiger partial charge in [0.25, 0.3) is 0 Å². The quantitative estimate of drug-likeness (QED) is 0.841. The van der Waals surface area contributed by atoms with Crippen LogP contribution in [0, 0.1) is 6.92 Å². The van der Waals surface area contributed by atoms with Crippen LogP contribution >= 0.6 is 0 Å². The zero-order valence-corrected chi connectivity index (χ0v) is 11.3. The normalized spacial score (nSPS) is 10.4. The summed E-state index contributed by atoms with van der Waals surface area (Å²) in [6.45, 7) is 3.75. The second-order valence-electron chi connectivity index (χ2n) is 4.76. The minimum atomic E-state index is -0.0180. The lowest BCUT2D eigenvalue weighted by molar-refractivity contribution is 0.0985. The van der Waals surface area contributed by atoms with E-state index in [0.29, 0.717) is 18.4 Å². The smallest absolute Gasteiger partial charge is 0.166 e. The number of carbonyl (C=O) groups is 1. The predicted molar refractivity (Wildman–Crippen MR) is 76.7 cm³/mol. The molecular formula is C17H18O2. The SMILES string of the molecule is CCC(=O)c1cc(C)cc(Cc2ccccc2)c1O. The molecule has 19 heavy (non-hydrogen) atoms. The molecule has 2 aromatic carbocycles. The van der Waals surface area contributed by atoms with Gasteiger partial charge in [0.05, 0.1) is 5.56 Å². The molecule has 0 aliphatic rings. The number of aryl methyl sites for hydroxylation is 1. The average molecular weight is 254 g/mol. The first kappa shape index (κ1) is 13.3. The van der Waals surface area contributed by atoms with Gasteiger partial charge in [-0.2, -0.15) is 0 Å². The summed E-state index contributed by atoms with van der Waals surface area (Å²) < 4.78 is 0. The fraction of sp³-hybridized carbons (Fsp3) is 0.235. The molecule has 0 heterocycles. The van der Waals surface area contributed by atoms with Gasteiger partial charge in [-0.15, -0.1) is 0 Å². The summed E-state index contributed by atoms with van der Waals surface area (Å²) >= 11 is 0. The number of phenols is 1. The number of ketones is 1. The molecule has 0 atom stereocenters. The van der Waals surface area contributed by atoms with Crippen LogP contribution in [-0.4, -0.2) is 10.9 Å². The molecule has 0 bridgehead atoms. The molecule has 2 rings (SSSR count). The van der Waals surface area contributed by atoms with Gasteiger partial charge in [-0.25, -0.2) is 0 Å². The lowest BCUT2D eigenvalue weighted by Crippen LogP contribution is -2.01. The van der Waals surface area contributed by atoms with Gasteiger partial charge in [0.2, 0.25) is 0 Å². The molecule has 0 fully saturated rings. The number of aromatic hydroxyl groups is 1. The Bertz CT molecular complexity index is 586. The zero-order valence-electron chi connectivity index (χ0n) is 11.3. The Labute approximate surface area is 113 Å². The molecule has 1 N–H and O–H groups in total. The van der Waals surface area contributed by atoms with E-state index in [2.05, 4.69) is 0 Å². The van der Waals surface area contributed by atoms with Crippen molar-refractivity contribution in [2.45, 2.75) is 26.7 Å². The van der Waals surface area contributed by atoms with Crippen molar-refractivity contribution in [1.29, 1.82) is 0 Å². The third-order valence-electron chi connectivity index (χ3n) is 3.19. The van der Waals surface area contributed by atoms with Crippen molar-refractivity contribution < 1.29 is 9.90 Å². The van der Waals surface area contributed by atoms with Crippen molar-refractivity contribution in [2.75, 3.05) is 0 Å². The van der Waals surface area contributed by atoms with Gasteiger partial charge < -0.3 is 5.11 Å². The molecule has 0 aliphatic heterocycles. The van der Waals surface area contributed by atoms with E-state index < -0.39 is 0 Å². The molecule has 2 heteroatoms. The summed E-state index contributed by atoms with van der Waals surface area (Å²) in [6, 6.07) is 13.6. The van der Waals surface area contributed by atoms with Crippen LogP contribution in [0.5, 0.6) is 5.75 Å². The number of benzene rings is 2. The number of rotatable bonds is 4. The van der Waals surface area contributed by atoms with Gasteiger partial charge in [0, 0.05) is 12.8 Å². The Morgan fingerprint density at radius 2 is 1.84 bits per heavy atom. The van der Waals surface area contributed by atoms with E-state index in [1.54, 1.807) is 13.0 Å². The van der Waals surface area contributed by atoms with Crippen LogP contribution in [0.2, 0.25) is 0 Å². The maximum Gasteiger partial charge on any atom is 0.166 e. The molecule has 0 radical (unpaired) electrons. The number of hydrogen-bond acceptors (Lipinski definition) is 2. The summed E-state index contributed by atoms with van der Waals surface area (Å²) in [5.74, 6) is 0.108. The molecule has 0 spiro atoms. The standard InChI is InChI=1S/C17H18O2/c1-3-16(18)15-10-12(2)9-14(17(15)19)11-13-7-5-4-6-8-13/h4-10,19H,3,11H2,1-2H3. The van der Waals surface area contributed by atoms with Gasteiger partial charge >= 0.3 is 0 Å². The van der Waals surface area contributed by atoms with Gasteiger partial charge in [-0.05, 0) is 29.7 Å². The highest BCUT2D eigenvalue weighted by molar-refractivity contribution is 5.99. The number of carbonyl (C=O) groups excluding carboxylic acids is 1. The Kier molecular flexibility index (Phi) is 4.00. The third kappa shape index (κ3) is 3.02. The molecule has 98 valence electrons. The number of hydrogen-bond donors (Lipinski definition) is 1. The van der Waals surface area contributed by atoms with Crippen molar-refractivity contribution in [3.63, 3.8) is 0 Å². The number of Topliss-reactive ketones (excluding diaryl/α,β-unsaturated/α-hetero) is 1. The summed E-state index contributed by atoms with van der Waals surface area (Å²) in [6.07, 6.45) is 1.04. The van der Waals surface area contributed by atoms with E-state index in [1.807, 2.05) is 43.3 Å². The Balaban J connectivity index is 2.41. The van der Waals surface area contributed by atoms with Crippen molar-refractivity contribution >= 4 is 5.78 Å². The van der Waals surface area contributed by atoms with Crippen molar-refractivity contribution in [1.82, 2.24) is 0 Å². The van der Waals surface area contributed by atoms with Crippen LogP contribution < -0.4 is 0 Å². The first-order valence-corrected chi connectivity index (χ1v) is 6.51. The fourth-order valence-corrected chi connectivity index (χ4v) is 2.21. The molecule has 2 aromatic rings. The van der Waals surface area contributed by atoms with Gasteiger partial charge in [-0.3, -0.25) is 4.79 Å². The molecule has 0 aliphatic carbocycles. The largest absolute Gasteiger partial charge is 0.507 e. The molecule has 2 nitrogen and oxygen atoms in total. The molecule has 0 saturated heterocycles. The van der Waals surface area contributed by atoms with Crippen LogP contribution in [0.25, 0.3) is 0 Å². The second kappa shape index (κ2) is 5.70. The van der Waals surface area contributed by atoms with Gasteiger partial charge in [-0.1, -0.05) is 43.3 Å². The number of phenolic OH excluding ortho intramolecular Hbond substituents is 1. The highest BCUT2D eigenvalue weighted by atomic mass is 16.3. The maximum absolute atomic E-state index is 11.8. The van der Waals surface area contributed by atoms with E-state index in [-0.39, 0.29) is 11.5 Å². The minimum Gasteiger partial charge on any atom is -0.507 e. The second-order valence-corrected chi connectivity index (χ2v) is 4.76. The van der Waals surface area contributed by atoms with Crippen LogP contribution in [-0.2, 0) is 6.42 Å². The Morgan fingerprint density at radius 1 is 1.16 bits per heavy atom. The van der Waals surface area contributed by atoms with E-state index in [0.717, 1.165) is 16.7 Å². The topological polar surface area (TPSA) is 37.3 Å². The lowest BCUT2D eigenvalue weighted by Gasteiger charge is -2.10. The molecule has 0 amide bonds. The summed E-state index contributed by atoms with van der Waals surface area (Å²) in [5, 5.41) is 10.3. The highest BCUT2D eigenvalue weighted by Crippen LogP contribution is 2.27. The minimum absolute atomic E-state index is 0.0180. The van der Waals surface area contributed by atoms with Crippen LogP contribution in [0.15, 0.2) is 42.5 Å². The predicted octanol–water partition coefficient (Wildman–Crippen LogP) is 3.88. The monoisotopic (exact) mass is 254 g/mol. The van der Waals surface area contributed by atoms with Crippen LogP contribution in [0.3, 0.4) is 0 Å². The fourth-order valence-electron chi connectivity index (χ4n) is 2.21. The zero-order chi connectivity index (χ0) is 13.8. The highest BCUT2D eigenvalue weighted by Gasteiger charge is 2.14. The summed E-state index contributed by atoms with van der Waals surface area (Å²) in [5.41, 5.74) is 3.37. The molecular weight excluding hydrogens is 236 g/mol. The molecule has 0 aromatic heterocycles. The van der Waals surface area contributed by atoms with E-state index in [9.17, 15) is 9.90 Å². The average Bonchev–Trinajstić information content (AvgIpc) is 2.42. The maximum atomic E-state index is 11.8. The summed E-state index contributed by atoms with van der Waals surface area (Å²) in [7, 11) is 0. The van der Waals surface area contributed by atoms with Crippen LogP contribution in [0.1, 0.15) is 40.4 Å². The first-order valence-electron chi connectivity index (χ1n) is 6.51. The van der Waals surface area contributed by atoms with E-state index >= 15 is 0 Å². The van der Waals surface area contributed by atoms with E-state index in [4.69, 9.17) is 0 Å². The Morgan fingerprint density at radius 3 is 2.47 bits per heavy atom.